The first-order chi connectivity index (χ1) is 8.79. The number of aromatic nitrogens is 2. The third kappa shape index (κ3) is 1.86. The van der Waals surface area contributed by atoms with E-state index in [1.165, 1.54) is 0 Å². The van der Waals surface area contributed by atoms with Crippen LogP contribution in [0.2, 0.25) is 0 Å². The van der Waals surface area contributed by atoms with Crippen molar-refractivity contribution in [3.05, 3.63) is 52.4 Å². The number of hydrogen-bond donors (Lipinski definition) is 0. The maximum absolute atomic E-state index is 5.20. The Morgan fingerprint density at radius 1 is 1.17 bits per heavy atom. The number of methoxy groups -OCH3 is 1. The van der Waals surface area contributed by atoms with Gasteiger partial charge in [-0.15, -0.1) is 0 Å². The highest BCUT2D eigenvalue weighted by molar-refractivity contribution is 14.1. The molecule has 0 bridgehead atoms. The van der Waals surface area contributed by atoms with E-state index in [-0.39, 0.29) is 0 Å². The molecule has 18 heavy (non-hydrogen) atoms. The number of para-hydroxylation sites is 1. The van der Waals surface area contributed by atoms with Gasteiger partial charge in [0.05, 0.1) is 17.0 Å². The molecule has 0 radical (unpaired) electrons. The standard InChI is InChI=1S/C14H11IN2O/c1-18-12-7-10-8-13(15)17(14(10)16-9-12)11-5-3-2-4-6-11/h2-9H,1H3. The van der Waals surface area contributed by atoms with Gasteiger partial charge >= 0.3 is 0 Å². The number of pyridine rings is 1. The third-order valence-corrected chi connectivity index (χ3v) is 3.61. The lowest BCUT2D eigenvalue weighted by Crippen LogP contribution is -1.97. The number of ether oxygens (including phenoxy) is 1. The Hall–Kier alpha value is -1.56. The van der Waals surface area contributed by atoms with Gasteiger partial charge in [0.25, 0.3) is 0 Å². The van der Waals surface area contributed by atoms with E-state index in [2.05, 4.69) is 50.3 Å². The first-order valence-electron chi connectivity index (χ1n) is 5.56. The third-order valence-electron chi connectivity index (χ3n) is 2.82. The van der Waals surface area contributed by atoms with Gasteiger partial charge in [0, 0.05) is 11.1 Å². The molecule has 90 valence electrons. The van der Waals surface area contributed by atoms with Gasteiger partial charge in [-0.2, -0.15) is 0 Å². The summed E-state index contributed by atoms with van der Waals surface area (Å²) < 4.78 is 8.47. The van der Waals surface area contributed by atoms with Crippen molar-refractivity contribution in [1.29, 1.82) is 0 Å². The molecular weight excluding hydrogens is 339 g/mol. The Labute approximate surface area is 119 Å². The summed E-state index contributed by atoms with van der Waals surface area (Å²) in [5, 5.41) is 1.09. The zero-order chi connectivity index (χ0) is 12.5. The molecule has 0 spiro atoms. The molecular formula is C14H11IN2O. The molecule has 2 heterocycles. The van der Waals surface area contributed by atoms with Crippen LogP contribution in [0.3, 0.4) is 0 Å². The molecule has 0 saturated carbocycles. The average Bonchev–Trinajstić information content (AvgIpc) is 2.74. The van der Waals surface area contributed by atoms with Crippen molar-refractivity contribution in [1.82, 2.24) is 9.55 Å². The van der Waals surface area contributed by atoms with Gasteiger partial charge in [-0.3, -0.25) is 4.57 Å². The fourth-order valence-electron chi connectivity index (χ4n) is 1.98. The first-order valence-corrected chi connectivity index (χ1v) is 6.64. The first kappa shape index (κ1) is 11.5. The van der Waals surface area contributed by atoms with Crippen LogP contribution in [0, 0.1) is 3.70 Å². The molecule has 3 nitrogen and oxygen atoms in total. The second-order valence-corrected chi connectivity index (χ2v) is 5.03. The number of halogens is 1. The van der Waals surface area contributed by atoms with Crippen molar-refractivity contribution in [2.24, 2.45) is 0 Å². The number of nitrogens with zero attached hydrogens (tertiary/aromatic N) is 2. The van der Waals surface area contributed by atoms with Crippen LogP contribution in [0.25, 0.3) is 16.7 Å². The van der Waals surface area contributed by atoms with Crippen molar-refractivity contribution >= 4 is 33.6 Å². The Balaban J connectivity index is 2.27. The van der Waals surface area contributed by atoms with Crippen molar-refractivity contribution in [2.75, 3.05) is 7.11 Å². The lowest BCUT2D eigenvalue weighted by molar-refractivity contribution is 0.413. The van der Waals surface area contributed by atoms with Gasteiger partial charge in [0.1, 0.15) is 11.4 Å². The summed E-state index contributed by atoms with van der Waals surface area (Å²) in [5.74, 6) is 0.782. The number of fused-ring (bicyclic) bond motifs is 1. The molecule has 2 aromatic heterocycles. The van der Waals surface area contributed by atoms with Gasteiger partial charge in [-0.25, -0.2) is 4.98 Å². The van der Waals surface area contributed by atoms with E-state index in [0.717, 1.165) is 26.2 Å². The fourth-order valence-corrected chi connectivity index (χ4v) is 2.82. The predicted molar refractivity (Wildman–Crippen MR) is 80.3 cm³/mol. The molecule has 0 N–H and O–H groups in total. The molecule has 4 heteroatoms. The minimum atomic E-state index is 0.782. The molecule has 3 rings (SSSR count). The normalized spacial score (nSPS) is 10.8. The summed E-state index contributed by atoms with van der Waals surface area (Å²) in [7, 11) is 1.65. The van der Waals surface area contributed by atoms with Crippen LogP contribution in [-0.2, 0) is 0 Å². The molecule has 0 fully saturated rings. The maximum Gasteiger partial charge on any atom is 0.145 e. The highest BCUT2D eigenvalue weighted by atomic mass is 127. The maximum atomic E-state index is 5.20. The number of benzene rings is 1. The van der Waals surface area contributed by atoms with Crippen LogP contribution < -0.4 is 4.74 Å². The van der Waals surface area contributed by atoms with Crippen LogP contribution in [0.4, 0.5) is 0 Å². The molecule has 0 aliphatic rings. The zero-order valence-corrected chi connectivity index (χ0v) is 12.0. The van der Waals surface area contributed by atoms with Gasteiger partial charge in [0.2, 0.25) is 0 Å². The summed E-state index contributed by atoms with van der Waals surface area (Å²) in [6.07, 6.45) is 1.75. The molecule has 0 aliphatic carbocycles. The van der Waals surface area contributed by atoms with E-state index in [4.69, 9.17) is 4.74 Å². The number of rotatable bonds is 2. The van der Waals surface area contributed by atoms with Crippen LogP contribution in [0.15, 0.2) is 48.7 Å². The Bertz CT molecular complexity index is 692. The molecule has 0 amide bonds. The van der Waals surface area contributed by atoms with Gasteiger partial charge in [-0.05, 0) is 46.9 Å². The average molecular weight is 350 g/mol. The minimum Gasteiger partial charge on any atom is -0.495 e. The summed E-state index contributed by atoms with van der Waals surface area (Å²) in [4.78, 5) is 4.48. The second-order valence-electron chi connectivity index (χ2n) is 3.93. The van der Waals surface area contributed by atoms with Gasteiger partial charge < -0.3 is 4.74 Å². The van der Waals surface area contributed by atoms with Gasteiger partial charge in [-0.1, -0.05) is 18.2 Å². The van der Waals surface area contributed by atoms with Crippen LogP contribution in [0.1, 0.15) is 0 Å². The molecule has 0 unspecified atom stereocenters. The van der Waals surface area contributed by atoms with Crippen molar-refractivity contribution in [3.8, 4) is 11.4 Å². The zero-order valence-electron chi connectivity index (χ0n) is 9.80. The van der Waals surface area contributed by atoms with Crippen LogP contribution in [0.5, 0.6) is 5.75 Å². The van der Waals surface area contributed by atoms with Crippen LogP contribution in [-0.4, -0.2) is 16.7 Å². The summed E-state index contributed by atoms with van der Waals surface area (Å²) in [5.41, 5.74) is 2.07. The molecule has 0 saturated heterocycles. The Morgan fingerprint density at radius 2 is 1.94 bits per heavy atom. The van der Waals surface area contributed by atoms with E-state index in [1.54, 1.807) is 13.3 Å². The fraction of sp³-hybridized carbons (Fsp3) is 0.0714. The smallest absolute Gasteiger partial charge is 0.145 e. The Kier molecular flexibility index (Phi) is 2.95. The number of hydrogen-bond acceptors (Lipinski definition) is 2. The molecule has 0 atom stereocenters. The van der Waals surface area contributed by atoms with Crippen molar-refractivity contribution in [2.45, 2.75) is 0 Å². The minimum absolute atomic E-state index is 0.782. The lowest BCUT2D eigenvalue weighted by Gasteiger charge is -2.06. The highest BCUT2D eigenvalue weighted by Gasteiger charge is 2.10. The van der Waals surface area contributed by atoms with Crippen molar-refractivity contribution in [3.63, 3.8) is 0 Å². The topological polar surface area (TPSA) is 27.1 Å². The highest BCUT2D eigenvalue weighted by Crippen LogP contribution is 2.26. The monoisotopic (exact) mass is 350 g/mol. The summed E-state index contributed by atoms with van der Waals surface area (Å²) in [6, 6.07) is 14.3. The second kappa shape index (κ2) is 4.61. The van der Waals surface area contributed by atoms with E-state index >= 15 is 0 Å². The van der Waals surface area contributed by atoms with Gasteiger partial charge in [0.15, 0.2) is 0 Å². The van der Waals surface area contributed by atoms with E-state index < -0.39 is 0 Å². The quantitative estimate of drug-likeness (QED) is 0.660. The van der Waals surface area contributed by atoms with E-state index in [9.17, 15) is 0 Å². The molecule has 0 aliphatic heterocycles. The van der Waals surface area contributed by atoms with Crippen molar-refractivity contribution < 1.29 is 4.74 Å². The Morgan fingerprint density at radius 3 is 2.67 bits per heavy atom. The molecule has 3 aromatic rings. The van der Waals surface area contributed by atoms with E-state index in [1.807, 2.05) is 24.3 Å². The largest absolute Gasteiger partial charge is 0.495 e. The SMILES string of the molecule is COc1cnc2c(c1)cc(I)n2-c1ccccc1. The lowest BCUT2D eigenvalue weighted by atomic mass is 10.3. The van der Waals surface area contributed by atoms with E-state index in [0.29, 0.717) is 0 Å². The summed E-state index contributed by atoms with van der Waals surface area (Å²) >= 11 is 2.32. The van der Waals surface area contributed by atoms with Crippen LogP contribution >= 0.6 is 22.6 Å². The summed E-state index contributed by atoms with van der Waals surface area (Å²) in [6.45, 7) is 0. The predicted octanol–water partition coefficient (Wildman–Crippen LogP) is 3.64. The molecule has 1 aromatic carbocycles.